The lowest BCUT2D eigenvalue weighted by atomic mass is 10.1. The van der Waals surface area contributed by atoms with Gasteiger partial charge in [-0.3, -0.25) is 4.48 Å². The van der Waals surface area contributed by atoms with E-state index in [9.17, 15) is 0 Å². The molecule has 0 aliphatic carbocycles. The lowest BCUT2D eigenvalue weighted by Gasteiger charge is -2.44. The van der Waals surface area contributed by atoms with Gasteiger partial charge in [0, 0.05) is 6.92 Å². The van der Waals surface area contributed by atoms with Crippen molar-refractivity contribution < 1.29 is 9.22 Å². The smallest absolute Gasteiger partial charge is 0.190 e. The van der Waals surface area contributed by atoms with Crippen LogP contribution in [-0.4, -0.2) is 37.0 Å². The van der Waals surface area contributed by atoms with Crippen LogP contribution in [0.3, 0.4) is 0 Å². The van der Waals surface area contributed by atoms with Crippen molar-refractivity contribution >= 4 is 0 Å². The minimum Gasteiger partial charge on any atom is -0.330 e. The number of rotatable bonds is 4. The van der Waals surface area contributed by atoms with E-state index in [0.717, 1.165) is 6.61 Å². The number of ether oxygens (including phenoxy) is 1. The summed E-state index contributed by atoms with van der Waals surface area (Å²) in [5, 5.41) is 0. The number of piperidine rings is 1. The Kier molecular flexibility index (Phi) is 4.20. The number of hydrogen-bond donors (Lipinski definition) is 0. The van der Waals surface area contributed by atoms with Crippen molar-refractivity contribution in [3.63, 3.8) is 0 Å². The van der Waals surface area contributed by atoms with Gasteiger partial charge in [-0.15, -0.1) is 0 Å². The molecule has 0 amide bonds. The summed E-state index contributed by atoms with van der Waals surface area (Å²) in [5.74, 6) is 0. The Bertz CT molecular complexity index is 141. The molecule has 2 nitrogen and oxygen atoms in total. The first-order chi connectivity index (χ1) is 6.25. The molecule has 0 aromatic heterocycles. The fourth-order valence-corrected chi connectivity index (χ4v) is 2.48. The zero-order valence-electron chi connectivity index (χ0n) is 9.38. The fourth-order valence-electron chi connectivity index (χ4n) is 2.48. The highest BCUT2D eigenvalue weighted by molar-refractivity contribution is 4.54. The molecule has 0 saturated carbocycles. The van der Waals surface area contributed by atoms with Crippen molar-refractivity contribution in [2.24, 2.45) is 0 Å². The van der Waals surface area contributed by atoms with E-state index >= 15 is 0 Å². The average molecular weight is 186 g/mol. The maximum Gasteiger partial charge on any atom is 0.190 e. The van der Waals surface area contributed by atoms with E-state index in [2.05, 4.69) is 20.8 Å². The van der Waals surface area contributed by atoms with Gasteiger partial charge in [-0.25, -0.2) is 0 Å². The molecule has 0 aromatic carbocycles. The third-order valence-corrected chi connectivity index (χ3v) is 3.52. The second kappa shape index (κ2) is 4.97. The van der Waals surface area contributed by atoms with E-state index in [1.165, 1.54) is 43.4 Å². The normalized spacial score (nSPS) is 24.2. The molecule has 1 unspecified atom stereocenters. The Morgan fingerprint density at radius 1 is 1.15 bits per heavy atom. The Morgan fingerprint density at radius 3 is 2.23 bits per heavy atom. The van der Waals surface area contributed by atoms with Gasteiger partial charge in [0.2, 0.25) is 0 Å². The van der Waals surface area contributed by atoms with Crippen molar-refractivity contribution in [3.05, 3.63) is 0 Å². The van der Waals surface area contributed by atoms with Crippen molar-refractivity contribution in [1.82, 2.24) is 0 Å². The maximum absolute atomic E-state index is 5.75. The molecule has 1 rings (SSSR count). The molecule has 0 radical (unpaired) electrons. The lowest BCUT2D eigenvalue weighted by molar-refractivity contribution is -0.972. The first-order valence-electron chi connectivity index (χ1n) is 5.72. The molecule has 1 aliphatic heterocycles. The minimum absolute atomic E-state index is 0.398. The third kappa shape index (κ3) is 2.44. The highest BCUT2D eigenvalue weighted by Crippen LogP contribution is 2.23. The van der Waals surface area contributed by atoms with Crippen molar-refractivity contribution in [3.8, 4) is 0 Å². The van der Waals surface area contributed by atoms with E-state index in [1.54, 1.807) is 0 Å². The summed E-state index contributed by atoms with van der Waals surface area (Å²) < 4.78 is 6.94. The maximum atomic E-state index is 5.75. The highest BCUT2D eigenvalue weighted by atomic mass is 16.5. The van der Waals surface area contributed by atoms with Gasteiger partial charge < -0.3 is 4.74 Å². The lowest BCUT2D eigenvalue weighted by Crippen LogP contribution is -2.57. The summed E-state index contributed by atoms with van der Waals surface area (Å²) >= 11 is 0. The molecule has 1 aliphatic rings. The molecule has 13 heavy (non-hydrogen) atoms. The van der Waals surface area contributed by atoms with Gasteiger partial charge >= 0.3 is 0 Å². The topological polar surface area (TPSA) is 9.23 Å². The summed E-state index contributed by atoms with van der Waals surface area (Å²) in [5.41, 5.74) is 0. The predicted octanol–water partition coefficient (Wildman–Crippen LogP) is 2.39. The Labute approximate surface area is 82.5 Å². The van der Waals surface area contributed by atoms with Crippen molar-refractivity contribution in [2.45, 2.75) is 46.3 Å². The zero-order valence-corrected chi connectivity index (χ0v) is 9.38. The van der Waals surface area contributed by atoms with Crippen LogP contribution in [0.4, 0.5) is 0 Å². The molecule has 0 spiro atoms. The summed E-state index contributed by atoms with van der Waals surface area (Å²) in [6.45, 7) is 11.3. The van der Waals surface area contributed by atoms with Gasteiger partial charge in [-0.2, -0.15) is 0 Å². The van der Waals surface area contributed by atoms with Gasteiger partial charge in [0.05, 0.1) is 26.2 Å². The minimum atomic E-state index is 0.398. The van der Waals surface area contributed by atoms with E-state index in [1.807, 2.05) is 0 Å². The van der Waals surface area contributed by atoms with E-state index in [4.69, 9.17) is 4.74 Å². The van der Waals surface area contributed by atoms with E-state index in [-0.39, 0.29) is 0 Å². The van der Waals surface area contributed by atoms with Crippen LogP contribution in [-0.2, 0) is 4.74 Å². The quantitative estimate of drug-likeness (QED) is 0.613. The second-order valence-corrected chi connectivity index (χ2v) is 4.10. The van der Waals surface area contributed by atoms with Gasteiger partial charge in [0.25, 0.3) is 0 Å². The first kappa shape index (κ1) is 11.0. The molecule has 1 atom stereocenters. The van der Waals surface area contributed by atoms with Gasteiger partial charge in [0.1, 0.15) is 0 Å². The van der Waals surface area contributed by atoms with Crippen molar-refractivity contribution in [2.75, 3.05) is 26.2 Å². The molecular formula is C11H24NO+. The molecule has 1 fully saturated rings. The van der Waals surface area contributed by atoms with Gasteiger partial charge in [-0.1, -0.05) is 0 Å². The third-order valence-electron chi connectivity index (χ3n) is 3.52. The van der Waals surface area contributed by atoms with Crippen molar-refractivity contribution in [1.29, 1.82) is 0 Å². The monoisotopic (exact) mass is 186 g/mol. The Balaban J connectivity index is 2.55. The molecule has 0 bridgehead atoms. The van der Waals surface area contributed by atoms with Crippen LogP contribution in [0.1, 0.15) is 40.0 Å². The van der Waals surface area contributed by atoms with E-state index in [0.29, 0.717) is 6.23 Å². The number of quaternary nitrogens is 1. The van der Waals surface area contributed by atoms with Crippen LogP contribution in [0.15, 0.2) is 0 Å². The standard InChI is InChI=1S/C11H24NO/c1-4-12(11(3)13-5-2)9-7-6-8-10-12/h11H,4-10H2,1-3H3/q+1. The first-order valence-corrected chi connectivity index (χ1v) is 5.72. The van der Waals surface area contributed by atoms with Crippen LogP contribution in [0.25, 0.3) is 0 Å². The fraction of sp³-hybridized carbons (Fsp3) is 1.00. The number of nitrogens with zero attached hydrogens (tertiary/aromatic N) is 1. The van der Waals surface area contributed by atoms with Crippen LogP contribution in [0, 0.1) is 0 Å². The van der Waals surface area contributed by atoms with Crippen LogP contribution >= 0.6 is 0 Å². The van der Waals surface area contributed by atoms with Gasteiger partial charge in [0.15, 0.2) is 6.23 Å². The summed E-state index contributed by atoms with van der Waals surface area (Å²) in [4.78, 5) is 0. The van der Waals surface area contributed by atoms with Crippen LogP contribution in [0.2, 0.25) is 0 Å². The predicted molar refractivity (Wildman–Crippen MR) is 55.5 cm³/mol. The molecule has 0 N–H and O–H groups in total. The summed E-state index contributed by atoms with van der Waals surface area (Å²) in [7, 11) is 0. The summed E-state index contributed by atoms with van der Waals surface area (Å²) in [6, 6.07) is 0. The highest BCUT2D eigenvalue weighted by Gasteiger charge is 2.34. The Morgan fingerprint density at radius 2 is 1.77 bits per heavy atom. The number of likely N-dealkylation sites (tertiary alicyclic amines) is 1. The molecule has 2 heteroatoms. The molecule has 78 valence electrons. The average Bonchev–Trinajstić information content (AvgIpc) is 2.19. The van der Waals surface area contributed by atoms with Crippen LogP contribution in [0.5, 0.6) is 0 Å². The molecular weight excluding hydrogens is 162 g/mol. The SMILES string of the molecule is CCOC(C)[N+]1(CC)CCCCC1. The largest absolute Gasteiger partial charge is 0.330 e. The second-order valence-electron chi connectivity index (χ2n) is 4.10. The Hall–Kier alpha value is -0.0800. The molecule has 0 aromatic rings. The summed E-state index contributed by atoms with van der Waals surface area (Å²) in [6.07, 6.45) is 4.57. The molecule has 1 heterocycles. The number of hydrogen-bond acceptors (Lipinski definition) is 1. The van der Waals surface area contributed by atoms with E-state index < -0.39 is 0 Å². The molecule has 1 saturated heterocycles. The zero-order chi connectivity index (χ0) is 9.73. The van der Waals surface area contributed by atoms with Gasteiger partial charge in [-0.05, 0) is 33.1 Å². The van der Waals surface area contributed by atoms with Crippen LogP contribution < -0.4 is 0 Å².